The molecule has 2 aromatic rings. The van der Waals surface area contributed by atoms with Gasteiger partial charge in [-0.3, -0.25) is 14.9 Å². The number of benzene rings is 2. The lowest BCUT2D eigenvalue weighted by Gasteiger charge is -2.40. The van der Waals surface area contributed by atoms with Crippen LogP contribution in [0.15, 0.2) is 54.6 Å². The Hall–Kier alpha value is -3.20. The first-order chi connectivity index (χ1) is 16.8. The summed E-state index contributed by atoms with van der Waals surface area (Å²) >= 11 is 0. The third-order valence-corrected chi connectivity index (χ3v) is 12.0. The van der Waals surface area contributed by atoms with Crippen LogP contribution in [0.2, 0.25) is 18.1 Å². The van der Waals surface area contributed by atoms with Crippen LogP contribution in [0.4, 0.5) is 0 Å². The van der Waals surface area contributed by atoms with E-state index in [1.165, 1.54) is 12.0 Å². The van der Waals surface area contributed by atoms with E-state index in [0.717, 1.165) is 5.56 Å². The lowest BCUT2D eigenvalue weighted by Crippen LogP contribution is -2.57. The van der Waals surface area contributed by atoms with E-state index in [-0.39, 0.29) is 30.3 Å². The van der Waals surface area contributed by atoms with E-state index in [1.54, 1.807) is 24.3 Å². The molecule has 0 aliphatic carbocycles. The van der Waals surface area contributed by atoms with Gasteiger partial charge in [-0.25, -0.2) is 4.79 Å². The Morgan fingerprint density at radius 2 is 1.75 bits per heavy atom. The van der Waals surface area contributed by atoms with Crippen LogP contribution in [-0.4, -0.2) is 49.2 Å². The van der Waals surface area contributed by atoms with Crippen LogP contribution in [0.5, 0.6) is 5.75 Å². The van der Waals surface area contributed by atoms with Gasteiger partial charge in [0.25, 0.3) is 0 Å². The van der Waals surface area contributed by atoms with E-state index >= 15 is 0 Å². The largest absolute Gasteiger partial charge is 0.544 e. The molecule has 9 heteroatoms. The summed E-state index contributed by atoms with van der Waals surface area (Å²) in [6, 6.07) is 16.4. The highest BCUT2D eigenvalue weighted by atomic mass is 28.4. The lowest BCUT2D eigenvalue weighted by molar-refractivity contribution is -0.485. The van der Waals surface area contributed by atoms with Gasteiger partial charge in [0, 0.05) is 17.9 Å². The predicted molar refractivity (Wildman–Crippen MR) is 140 cm³/mol. The minimum Gasteiger partial charge on any atom is -0.544 e. The van der Waals surface area contributed by atoms with E-state index < -0.39 is 37.2 Å². The third kappa shape index (κ3) is 5.46. The SMILES string of the molecule is COC(=O)[C@@]1([C@@H](C[N+](=O)[O-])c2ccc(O[Si](C)(C)C(C)(C)C)cc2)CCC(=O)N1Cc1ccccc1. The number of nitrogens with zero attached hydrogens (tertiary/aromatic N) is 2. The van der Waals surface area contributed by atoms with Gasteiger partial charge in [-0.1, -0.05) is 63.2 Å². The van der Waals surface area contributed by atoms with Gasteiger partial charge in [0.1, 0.15) is 5.75 Å². The summed E-state index contributed by atoms with van der Waals surface area (Å²) in [6.07, 6.45) is 0.259. The fourth-order valence-corrected chi connectivity index (χ4v) is 5.61. The molecule has 3 rings (SSSR count). The molecular formula is C27H36N2O6Si. The van der Waals surface area contributed by atoms with Crippen molar-refractivity contribution in [2.45, 2.75) is 69.7 Å². The van der Waals surface area contributed by atoms with Crippen molar-refractivity contribution in [1.82, 2.24) is 4.90 Å². The van der Waals surface area contributed by atoms with Crippen LogP contribution < -0.4 is 4.43 Å². The summed E-state index contributed by atoms with van der Waals surface area (Å²) in [5, 5.41) is 11.8. The van der Waals surface area contributed by atoms with Crippen molar-refractivity contribution in [3.05, 3.63) is 75.8 Å². The summed E-state index contributed by atoms with van der Waals surface area (Å²) < 4.78 is 11.6. The van der Waals surface area contributed by atoms with Gasteiger partial charge in [0.05, 0.1) is 13.0 Å². The molecular weight excluding hydrogens is 476 g/mol. The predicted octanol–water partition coefficient (Wildman–Crippen LogP) is 5.17. The molecule has 8 nitrogen and oxygen atoms in total. The quantitative estimate of drug-likeness (QED) is 0.199. The van der Waals surface area contributed by atoms with Gasteiger partial charge in [0.15, 0.2) is 5.54 Å². The molecule has 0 saturated carbocycles. The molecule has 2 aromatic carbocycles. The summed E-state index contributed by atoms with van der Waals surface area (Å²) in [5.41, 5.74) is -0.0669. The van der Waals surface area contributed by atoms with Gasteiger partial charge in [-0.05, 0) is 47.8 Å². The van der Waals surface area contributed by atoms with Crippen molar-refractivity contribution < 1.29 is 23.7 Å². The summed E-state index contributed by atoms with van der Waals surface area (Å²) in [5.74, 6) is -1.08. The Morgan fingerprint density at radius 1 is 1.14 bits per heavy atom. The van der Waals surface area contributed by atoms with Crippen LogP contribution in [0.1, 0.15) is 50.7 Å². The molecule has 1 heterocycles. The van der Waals surface area contributed by atoms with Crippen molar-refractivity contribution in [3.8, 4) is 5.75 Å². The van der Waals surface area contributed by atoms with Crippen molar-refractivity contribution in [2.24, 2.45) is 0 Å². The van der Waals surface area contributed by atoms with Crippen LogP contribution in [-0.2, 0) is 20.9 Å². The van der Waals surface area contributed by atoms with E-state index in [4.69, 9.17) is 9.16 Å². The van der Waals surface area contributed by atoms with Gasteiger partial charge in [-0.2, -0.15) is 0 Å². The van der Waals surface area contributed by atoms with Crippen molar-refractivity contribution in [3.63, 3.8) is 0 Å². The molecule has 1 saturated heterocycles. The number of hydrogen-bond donors (Lipinski definition) is 0. The Labute approximate surface area is 213 Å². The molecule has 2 atom stereocenters. The maximum atomic E-state index is 13.4. The molecule has 0 aromatic heterocycles. The molecule has 1 aliphatic rings. The fourth-order valence-electron chi connectivity index (χ4n) is 4.58. The molecule has 0 unspecified atom stereocenters. The number of amides is 1. The molecule has 1 aliphatic heterocycles. The van der Waals surface area contributed by atoms with Crippen LogP contribution in [0.25, 0.3) is 0 Å². The standard InChI is InChI=1S/C27H36N2O6Si/c1-26(2,3)36(5,6)35-22-14-12-21(13-15-22)23(19-29(32)33)27(25(31)34-4)17-16-24(30)28(27)18-20-10-8-7-9-11-20/h7-15,23H,16-19H2,1-6H3/t23-,27-/m0/s1. The highest BCUT2D eigenvalue weighted by Gasteiger charge is 2.59. The highest BCUT2D eigenvalue weighted by molar-refractivity contribution is 6.74. The second-order valence-corrected chi connectivity index (χ2v) is 15.6. The second kappa shape index (κ2) is 10.4. The Kier molecular flexibility index (Phi) is 7.93. The molecule has 0 N–H and O–H groups in total. The first kappa shape index (κ1) is 27.4. The number of carbonyl (C=O) groups is 2. The number of ether oxygens (including phenoxy) is 1. The number of nitro groups is 1. The minimum atomic E-state index is -2.08. The topological polar surface area (TPSA) is 99.0 Å². The van der Waals surface area contributed by atoms with Crippen molar-refractivity contribution >= 4 is 20.2 Å². The first-order valence-corrected chi connectivity index (χ1v) is 15.1. The van der Waals surface area contributed by atoms with Gasteiger partial charge in [0.2, 0.25) is 20.8 Å². The summed E-state index contributed by atoms with van der Waals surface area (Å²) in [7, 11) is -0.822. The van der Waals surface area contributed by atoms with E-state index in [2.05, 4.69) is 33.9 Å². The molecule has 1 fully saturated rings. The zero-order chi connectivity index (χ0) is 26.7. The highest BCUT2D eigenvalue weighted by Crippen LogP contribution is 2.45. The number of likely N-dealkylation sites (tertiary alicyclic amines) is 1. The molecule has 1 amide bonds. The third-order valence-electron chi connectivity index (χ3n) is 7.59. The summed E-state index contributed by atoms with van der Waals surface area (Å²) in [6.45, 7) is 10.4. The summed E-state index contributed by atoms with van der Waals surface area (Å²) in [4.78, 5) is 39.3. The van der Waals surface area contributed by atoms with Gasteiger partial charge >= 0.3 is 5.97 Å². The second-order valence-electron chi connectivity index (χ2n) is 10.9. The molecule has 0 bridgehead atoms. The average Bonchev–Trinajstić information content (AvgIpc) is 3.14. The minimum absolute atomic E-state index is 0.0108. The van der Waals surface area contributed by atoms with E-state index in [0.29, 0.717) is 11.3 Å². The molecule has 0 spiro atoms. The number of methoxy groups -OCH3 is 1. The smallest absolute Gasteiger partial charge is 0.332 e. The Balaban J connectivity index is 2.05. The first-order valence-electron chi connectivity index (χ1n) is 12.2. The van der Waals surface area contributed by atoms with Gasteiger partial charge in [-0.15, -0.1) is 0 Å². The number of hydrogen-bond acceptors (Lipinski definition) is 6. The molecule has 36 heavy (non-hydrogen) atoms. The normalized spacial score (nSPS) is 19.2. The number of carbonyl (C=O) groups excluding carboxylic acids is 2. The zero-order valence-electron chi connectivity index (χ0n) is 21.9. The van der Waals surface area contributed by atoms with E-state index in [1.807, 2.05) is 30.3 Å². The van der Waals surface area contributed by atoms with Gasteiger partial charge < -0.3 is 14.1 Å². The van der Waals surface area contributed by atoms with Crippen LogP contribution in [0.3, 0.4) is 0 Å². The van der Waals surface area contributed by atoms with Crippen molar-refractivity contribution in [2.75, 3.05) is 13.7 Å². The maximum absolute atomic E-state index is 13.4. The Morgan fingerprint density at radius 3 is 2.28 bits per heavy atom. The number of rotatable bonds is 9. The van der Waals surface area contributed by atoms with Crippen molar-refractivity contribution in [1.29, 1.82) is 0 Å². The maximum Gasteiger partial charge on any atom is 0.332 e. The Bertz CT molecular complexity index is 1100. The van der Waals surface area contributed by atoms with Crippen LogP contribution >= 0.6 is 0 Å². The fraction of sp³-hybridized carbons (Fsp3) is 0.481. The van der Waals surface area contributed by atoms with E-state index in [9.17, 15) is 19.7 Å². The zero-order valence-corrected chi connectivity index (χ0v) is 22.9. The number of esters is 1. The van der Waals surface area contributed by atoms with Crippen LogP contribution in [0, 0.1) is 10.1 Å². The lowest BCUT2D eigenvalue weighted by atomic mass is 9.76. The monoisotopic (exact) mass is 512 g/mol. The molecule has 194 valence electrons. The molecule has 0 radical (unpaired) electrons. The average molecular weight is 513 g/mol.